The molecule has 0 fully saturated rings. The molecule has 0 spiro atoms. The molecule has 0 aliphatic carbocycles. The lowest BCUT2D eigenvalue weighted by Crippen LogP contribution is -2.31. The van der Waals surface area contributed by atoms with Crippen LogP contribution < -0.4 is 0 Å². The van der Waals surface area contributed by atoms with Crippen molar-refractivity contribution in [2.75, 3.05) is 13.1 Å². The fraction of sp³-hybridized carbons (Fsp3) is 0.182. The fourth-order valence-electron chi connectivity index (χ4n) is 3.61. The summed E-state index contributed by atoms with van der Waals surface area (Å²) in [6.45, 7) is 4.24. The van der Waals surface area contributed by atoms with Gasteiger partial charge in [-0.15, -0.1) is 0 Å². The first kappa shape index (κ1) is 17.7. The minimum atomic E-state index is -0.909. The Morgan fingerprint density at radius 3 is 2.63 bits per heavy atom. The summed E-state index contributed by atoms with van der Waals surface area (Å²) in [6.07, 6.45) is 2.07. The Balaban J connectivity index is 1.97. The smallest absolute Gasteiger partial charge is 0.336 e. The number of carboxylic acid groups (broad SMARTS) is 1. The van der Waals surface area contributed by atoms with Gasteiger partial charge in [0.05, 0.1) is 16.8 Å². The number of benzene rings is 2. The predicted molar refractivity (Wildman–Crippen MR) is 109 cm³/mol. The standard InChI is InChI=1S/C22H19ClN2O2/c1-2-25-12-15(11-14-7-9-16(23)10-8-14)21-18(13-25)20(22(26)27)17-5-3-4-6-19(17)24-21/h3-11H,2,12-13H2,1H3,(H,26,27)/b15-11-. The van der Waals surface area contributed by atoms with E-state index in [1.807, 2.05) is 48.5 Å². The Labute approximate surface area is 162 Å². The van der Waals surface area contributed by atoms with Crippen LogP contribution in [0.1, 0.15) is 34.1 Å². The molecular formula is C22H19ClN2O2. The molecule has 136 valence electrons. The zero-order valence-electron chi connectivity index (χ0n) is 14.9. The number of hydrogen-bond donors (Lipinski definition) is 1. The van der Waals surface area contributed by atoms with Gasteiger partial charge in [0.25, 0.3) is 0 Å². The van der Waals surface area contributed by atoms with E-state index >= 15 is 0 Å². The number of rotatable bonds is 3. The van der Waals surface area contributed by atoms with Gasteiger partial charge >= 0.3 is 5.97 Å². The van der Waals surface area contributed by atoms with E-state index in [1.54, 1.807) is 0 Å². The summed E-state index contributed by atoms with van der Waals surface area (Å²) in [5.41, 5.74) is 4.68. The van der Waals surface area contributed by atoms with Crippen LogP contribution in [0.3, 0.4) is 0 Å². The number of hydrogen-bond acceptors (Lipinski definition) is 3. The average Bonchev–Trinajstić information content (AvgIpc) is 2.67. The van der Waals surface area contributed by atoms with Crippen molar-refractivity contribution in [2.24, 2.45) is 0 Å². The van der Waals surface area contributed by atoms with Crippen LogP contribution in [0.5, 0.6) is 0 Å². The van der Waals surface area contributed by atoms with Crippen LogP contribution in [0, 0.1) is 0 Å². The van der Waals surface area contributed by atoms with Gasteiger partial charge in [0.15, 0.2) is 0 Å². The molecule has 1 aromatic heterocycles. The molecule has 1 N–H and O–H groups in total. The minimum Gasteiger partial charge on any atom is -0.478 e. The van der Waals surface area contributed by atoms with Gasteiger partial charge in [-0.1, -0.05) is 48.9 Å². The van der Waals surface area contributed by atoms with Gasteiger partial charge in [-0.25, -0.2) is 9.78 Å². The third-order valence-corrected chi connectivity index (χ3v) is 5.20. The molecule has 4 nitrogen and oxygen atoms in total. The molecule has 1 aliphatic heterocycles. The maximum atomic E-state index is 12.1. The maximum Gasteiger partial charge on any atom is 0.336 e. The van der Waals surface area contributed by atoms with Crippen molar-refractivity contribution < 1.29 is 9.90 Å². The Hall–Kier alpha value is -2.69. The lowest BCUT2D eigenvalue weighted by Gasteiger charge is -2.30. The molecule has 0 amide bonds. The zero-order valence-corrected chi connectivity index (χ0v) is 15.7. The van der Waals surface area contributed by atoms with E-state index in [0.717, 1.165) is 35.5 Å². The fourth-order valence-corrected chi connectivity index (χ4v) is 3.73. The van der Waals surface area contributed by atoms with E-state index in [-0.39, 0.29) is 0 Å². The lowest BCUT2D eigenvalue weighted by atomic mass is 9.92. The summed E-state index contributed by atoms with van der Waals surface area (Å²) >= 11 is 6.00. The number of pyridine rings is 1. The molecule has 1 aliphatic rings. The minimum absolute atomic E-state index is 0.357. The third kappa shape index (κ3) is 3.34. The molecule has 3 aromatic rings. The molecule has 27 heavy (non-hydrogen) atoms. The summed E-state index contributed by atoms with van der Waals surface area (Å²) in [4.78, 5) is 19.2. The second-order valence-electron chi connectivity index (χ2n) is 6.66. The number of fused-ring (bicyclic) bond motifs is 2. The summed E-state index contributed by atoms with van der Waals surface area (Å²) in [6, 6.07) is 15.1. The van der Waals surface area contributed by atoms with E-state index < -0.39 is 5.97 Å². The van der Waals surface area contributed by atoms with Gasteiger partial charge in [0, 0.05) is 29.1 Å². The van der Waals surface area contributed by atoms with Gasteiger partial charge in [0.1, 0.15) is 0 Å². The largest absolute Gasteiger partial charge is 0.478 e. The van der Waals surface area contributed by atoms with Gasteiger partial charge in [-0.05, 0) is 42.0 Å². The van der Waals surface area contributed by atoms with Crippen molar-refractivity contribution >= 4 is 40.1 Å². The first-order valence-corrected chi connectivity index (χ1v) is 9.28. The molecule has 4 rings (SSSR count). The van der Waals surface area contributed by atoms with E-state index in [1.165, 1.54) is 0 Å². The van der Waals surface area contributed by atoms with Gasteiger partial charge in [0.2, 0.25) is 0 Å². The summed E-state index contributed by atoms with van der Waals surface area (Å²) < 4.78 is 0. The Bertz CT molecular complexity index is 1060. The van der Waals surface area contributed by atoms with E-state index in [2.05, 4.69) is 17.9 Å². The maximum absolute atomic E-state index is 12.1. The molecule has 0 radical (unpaired) electrons. The molecule has 0 saturated carbocycles. The SMILES string of the molecule is CCN1C/C(=C/c2ccc(Cl)cc2)c2nc3ccccc3c(C(=O)O)c2C1. The van der Waals surface area contributed by atoms with Crippen molar-refractivity contribution in [3.63, 3.8) is 0 Å². The highest BCUT2D eigenvalue weighted by molar-refractivity contribution is 6.30. The van der Waals surface area contributed by atoms with Crippen molar-refractivity contribution in [2.45, 2.75) is 13.5 Å². The second kappa shape index (κ2) is 7.14. The average molecular weight is 379 g/mol. The summed E-state index contributed by atoms with van der Waals surface area (Å²) in [7, 11) is 0. The van der Waals surface area contributed by atoms with Gasteiger partial charge in [-0.2, -0.15) is 0 Å². The van der Waals surface area contributed by atoms with Crippen LogP contribution in [-0.4, -0.2) is 34.0 Å². The second-order valence-corrected chi connectivity index (χ2v) is 7.10. The number of aromatic carboxylic acids is 1. The number of carbonyl (C=O) groups is 1. The number of likely N-dealkylation sites (N-methyl/N-ethyl adjacent to an activating group) is 1. The normalized spacial score (nSPS) is 15.9. The van der Waals surface area contributed by atoms with E-state index in [0.29, 0.717) is 28.0 Å². The Morgan fingerprint density at radius 1 is 1.19 bits per heavy atom. The van der Waals surface area contributed by atoms with Crippen LogP contribution in [0.2, 0.25) is 5.02 Å². The number of halogens is 1. The zero-order chi connectivity index (χ0) is 19.0. The highest BCUT2D eigenvalue weighted by atomic mass is 35.5. The Kier molecular flexibility index (Phi) is 4.68. The molecule has 0 saturated heterocycles. The van der Waals surface area contributed by atoms with Gasteiger partial charge < -0.3 is 5.11 Å². The van der Waals surface area contributed by atoms with Crippen LogP contribution in [0.4, 0.5) is 0 Å². The van der Waals surface area contributed by atoms with Crippen molar-refractivity contribution in [1.82, 2.24) is 9.88 Å². The molecule has 0 bridgehead atoms. The van der Waals surface area contributed by atoms with Gasteiger partial charge in [-0.3, -0.25) is 4.90 Å². The number of aromatic nitrogens is 1. The van der Waals surface area contributed by atoms with Crippen molar-refractivity contribution in [1.29, 1.82) is 0 Å². The first-order chi connectivity index (χ1) is 13.1. The highest BCUT2D eigenvalue weighted by Crippen LogP contribution is 2.34. The molecule has 0 unspecified atom stereocenters. The summed E-state index contributed by atoms with van der Waals surface area (Å²) in [5, 5.41) is 11.3. The van der Waals surface area contributed by atoms with Crippen molar-refractivity contribution in [3.05, 3.63) is 75.9 Å². The first-order valence-electron chi connectivity index (χ1n) is 8.90. The third-order valence-electron chi connectivity index (χ3n) is 4.95. The van der Waals surface area contributed by atoms with E-state index in [4.69, 9.17) is 16.6 Å². The van der Waals surface area contributed by atoms with Crippen LogP contribution >= 0.6 is 11.6 Å². The quantitative estimate of drug-likeness (QED) is 0.699. The number of nitrogens with zero attached hydrogens (tertiary/aromatic N) is 2. The number of para-hydroxylation sites is 1. The van der Waals surface area contributed by atoms with Crippen LogP contribution in [-0.2, 0) is 6.54 Å². The summed E-state index contributed by atoms with van der Waals surface area (Å²) in [5.74, 6) is -0.909. The molecular weight excluding hydrogens is 360 g/mol. The lowest BCUT2D eigenvalue weighted by molar-refractivity contribution is 0.0696. The van der Waals surface area contributed by atoms with Crippen molar-refractivity contribution in [3.8, 4) is 0 Å². The molecule has 0 atom stereocenters. The molecule has 2 heterocycles. The van der Waals surface area contributed by atoms with Crippen LogP contribution in [0.25, 0.3) is 22.6 Å². The van der Waals surface area contributed by atoms with E-state index in [9.17, 15) is 9.90 Å². The predicted octanol–water partition coefficient (Wildman–Crippen LogP) is 4.96. The van der Waals surface area contributed by atoms with Crippen LogP contribution in [0.15, 0.2) is 48.5 Å². The number of carboxylic acids is 1. The molecule has 5 heteroatoms. The molecule has 2 aromatic carbocycles. The Morgan fingerprint density at radius 2 is 1.93 bits per heavy atom. The topological polar surface area (TPSA) is 53.4 Å². The monoisotopic (exact) mass is 378 g/mol. The highest BCUT2D eigenvalue weighted by Gasteiger charge is 2.27.